The standard InChI is InChI=1S/C16H19NO3S/c1-21(18,19)14-7-4-6-13(12-14)15-8-2-3-9-16(15)20-11-5-10-17/h2-4,6-9,12H,5,10-11,17H2,1H3. The lowest BCUT2D eigenvalue weighted by molar-refractivity contribution is 0.314. The third-order valence-corrected chi connectivity index (χ3v) is 4.18. The first-order valence-electron chi connectivity index (χ1n) is 6.75. The van der Waals surface area contributed by atoms with E-state index >= 15 is 0 Å². The van der Waals surface area contributed by atoms with Gasteiger partial charge in [-0.25, -0.2) is 8.42 Å². The van der Waals surface area contributed by atoms with Gasteiger partial charge in [-0.1, -0.05) is 30.3 Å². The van der Waals surface area contributed by atoms with E-state index < -0.39 is 9.84 Å². The van der Waals surface area contributed by atoms with Crippen molar-refractivity contribution in [1.82, 2.24) is 0 Å². The van der Waals surface area contributed by atoms with Crippen LogP contribution in [0.3, 0.4) is 0 Å². The van der Waals surface area contributed by atoms with Crippen LogP contribution < -0.4 is 10.5 Å². The number of hydrogen-bond donors (Lipinski definition) is 1. The Bertz CT molecular complexity index is 711. The van der Waals surface area contributed by atoms with E-state index in [1.165, 1.54) is 6.26 Å². The smallest absolute Gasteiger partial charge is 0.175 e. The minimum Gasteiger partial charge on any atom is -0.493 e. The van der Waals surface area contributed by atoms with Gasteiger partial charge in [-0.3, -0.25) is 0 Å². The number of hydrogen-bond acceptors (Lipinski definition) is 4. The summed E-state index contributed by atoms with van der Waals surface area (Å²) in [6, 6.07) is 14.5. The van der Waals surface area contributed by atoms with Gasteiger partial charge in [0.05, 0.1) is 11.5 Å². The zero-order valence-corrected chi connectivity index (χ0v) is 12.8. The second-order valence-corrected chi connectivity index (χ2v) is 6.80. The molecule has 2 aromatic carbocycles. The first kappa shape index (κ1) is 15.5. The molecule has 2 aromatic rings. The van der Waals surface area contributed by atoms with Crippen LogP contribution in [0.5, 0.6) is 5.75 Å². The highest BCUT2D eigenvalue weighted by molar-refractivity contribution is 7.90. The molecule has 0 fully saturated rings. The second kappa shape index (κ2) is 6.74. The SMILES string of the molecule is CS(=O)(=O)c1cccc(-c2ccccc2OCCCN)c1. The van der Waals surface area contributed by atoms with Gasteiger partial charge in [0.2, 0.25) is 0 Å². The van der Waals surface area contributed by atoms with Crippen molar-refractivity contribution in [3.8, 4) is 16.9 Å². The summed E-state index contributed by atoms with van der Waals surface area (Å²) >= 11 is 0. The normalized spacial score (nSPS) is 11.3. The van der Waals surface area contributed by atoms with Crippen LogP contribution in [-0.2, 0) is 9.84 Å². The molecule has 0 heterocycles. The zero-order valence-electron chi connectivity index (χ0n) is 12.0. The molecule has 0 aliphatic rings. The maximum atomic E-state index is 11.7. The van der Waals surface area contributed by atoms with Crippen LogP contribution in [0.2, 0.25) is 0 Å². The lowest BCUT2D eigenvalue weighted by atomic mass is 10.0. The molecule has 5 heteroatoms. The largest absolute Gasteiger partial charge is 0.493 e. The summed E-state index contributed by atoms with van der Waals surface area (Å²) in [5.41, 5.74) is 7.16. The van der Waals surface area contributed by atoms with Crippen molar-refractivity contribution >= 4 is 9.84 Å². The third-order valence-electron chi connectivity index (χ3n) is 3.07. The highest BCUT2D eigenvalue weighted by Crippen LogP contribution is 2.31. The average Bonchev–Trinajstić information content (AvgIpc) is 2.47. The van der Waals surface area contributed by atoms with E-state index in [-0.39, 0.29) is 0 Å². The molecule has 0 aliphatic heterocycles. The average molecular weight is 305 g/mol. The van der Waals surface area contributed by atoms with Crippen LogP contribution in [0, 0.1) is 0 Å². The fraction of sp³-hybridized carbons (Fsp3) is 0.250. The van der Waals surface area contributed by atoms with Gasteiger partial charge >= 0.3 is 0 Å². The van der Waals surface area contributed by atoms with Crippen molar-refractivity contribution in [2.75, 3.05) is 19.4 Å². The predicted molar refractivity (Wildman–Crippen MR) is 84.2 cm³/mol. The van der Waals surface area contributed by atoms with Crippen LogP contribution in [0.4, 0.5) is 0 Å². The van der Waals surface area contributed by atoms with Crippen molar-refractivity contribution in [3.63, 3.8) is 0 Å². The molecule has 0 spiro atoms. The number of nitrogens with two attached hydrogens (primary N) is 1. The highest BCUT2D eigenvalue weighted by atomic mass is 32.2. The predicted octanol–water partition coefficient (Wildman–Crippen LogP) is 2.48. The van der Waals surface area contributed by atoms with E-state index in [2.05, 4.69) is 0 Å². The van der Waals surface area contributed by atoms with E-state index in [1.54, 1.807) is 18.2 Å². The maximum Gasteiger partial charge on any atom is 0.175 e. The molecule has 4 nitrogen and oxygen atoms in total. The summed E-state index contributed by atoms with van der Waals surface area (Å²) in [6.07, 6.45) is 1.98. The second-order valence-electron chi connectivity index (χ2n) is 4.79. The molecule has 112 valence electrons. The molecule has 0 amide bonds. The number of ether oxygens (including phenoxy) is 1. The fourth-order valence-electron chi connectivity index (χ4n) is 1.99. The topological polar surface area (TPSA) is 69.4 Å². The van der Waals surface area contributed by atoms with Crippen LogP contribution in [-0.4, -0.2) is 27.8 Å². The summed E-state index contributed by atoms with van der Waals surface area (Å²) < 4.78 is 29.1. The number of benzene rings is 2. The van der Waals surface area contributed by atoms with Crippen molar-refractivity contribution < 1.29 is 13.2 Å². The van der Waals surface area contributed by atoms with Gasteiger partial charge in [-0.2, -0.15) is 0 Å². The maximum absolute atomic E-state index is 11.7. The first-order valence-corrected chi connectivity index (χ1v) is 8.64. The van der Waals surface area contributed by atoms with Crippen LogP contribution >= 0.6 is 0 Å². The molecular weight excluding hydrogens is 286 g/mol. The van der Waals surface area contributed by atoms with E-state index in [0.717, 1.165) is 23.3 Å². The molecular formula is C16H19NO3S. The van der Waals surface area contributed by atoms with E-state index in [1.807, 2.05) is 30.3 Å². The van der Waals surface area contributed by atoms with Crippen molar-refractivity contribution in [1.29, 1.82) is 0 Å². The first-order chi connectivity index (χ1) is 10.0. The fourth-order valence-corrected chi connectivity index (χ4v) is 2.66. The summed E-state index contributed by atoms with van der Waals surface area (Å²) in [5.74, 6) is 0.733. The molecule has 0 bridgehead atoms. The monoisotopic (exact) mass is 305 g/mol. The summed E-state index contributed by atoms with van der Waals surface area (Å²) in [7, 11) is -3.22. The van der Waals surface area contributed by atoms with E-state index in [4.69, 9.17) is 10.5 Å². The molecule has 0 saturated heterocycles. The minimum atomic E-state index is -3.22. The summed E-state index contributed by atoms with van der Waals surface area (Å²) in [5, 5.41) is 0. The van der Waals surface area contributed by atoms with Gasteiger partial charge in [0.25, 0.3) is 0 Å². The van der Waals surface area contributed by atoms with Crippen LogP contribution in [0.25, 0.3) is 11.1 Å². The lowest BCUT2D eigenvalue weighted by Gasteiger charge is -2.12. The molecule has 0 unspecified atom stereocenters. The van der Waals surface area contributed by atoms with Crippen LogP contribution in [0.1, 0.15) is 6.42 Å². The van der Waals surface area contributed by atoms with Gasteiger partial charge in [0.15, 0.2) is 9.84 Å². The highest BCUT2D eigenvalue weighted by Gasteiger charge is 2.11. The quantitative estimate of drug-likeness (QED) is 0.832. The zero-order chi connectivity index (χ0) is 15.3. The van der Waals surface area contributed by atoms with Gasteiger partial charge in [0.1, 0.15) is 5.75 Å². The molecule has 2 N–H and O–H groups in total. The Hall–Kier alpha value is -1.85. The van der Waals surface area contributed by atoms with E-state index in [9.17, 15) is 8.42 Å². The Balaban J connectivity index is 2.38. The Labute approximate surface area is 125 Å². The minimum absolute atomic E-state index is 0.303. The third kappa shape index (κ3) is 4.06. The van der Waals surface area contributed by atoms with Gasteiger partial charge in [0, 0.05) is 11.8 Å². The number of rotatable bonds is 6. The molecule has 0 aliphatic carbocycles. The number of sulfone groups is 1. The number of para-hydroxylation sites is 1. The van der Waals surface area contributed by atoms with Crippen molar-refractivity contribution in [3.05, 3.63) is 48.5 Å². The Morgan fingerprint density at radius 2 is 1.86 bits per heavy atom. The Morgan fingerprint density at radius 3 is 2.57 bits per heavy atom. The Morgan fingerprint density at radius 1 is 1.10 bits per heavy atom. The molecule has 0 atom stereocenters. The molecule has 21 heavy (non-hydrogen) atoms. The van der Waals surface area contributed by atoms with Crippen molar-refractivity contribution in [2.45, 2.75) is 11.3 Å². The van der Waals surface area contributed by atoms with Gasteiger partial charge in [-0.15, -0.1) is 0 Å². The van der Waals surface area contributed by atoms with E-state index in [0.29, 0.717) is 18.0 Å². The molecule has 0 saturated carbocycles. The van der Waals surface area contributed by atoms with Crippen molar-refractivity contribution in [2.24, 2.45) is 5.73 Å². The lowest BCUT2D eigenvalue weighted by Crippen LogP contribution is -2.06. The van der Waals surface area contributed by atoms with Gasteiger partial charge < -0.3 is 10.5 Å². The molecule has 0 aromatic heterocycles. The van der Waals surface area contributed by atoms with Crippen LogP contribution in [0.15, 0.2) is 53.4 Å². The Kier molecular flexibility index (Phi) is 4.98. The molecule has 2 rings (SSSR count). The summed E-state index contributed by atoms with van der Waals surface area (Å²) in [6.45, 7) is 1.12. The van der Waals surface area contributed by atoms with Gasteiger partial charge in [-0.05, 0) is 36.7 Å². The molecule has 0 radical (unpaired) electrons. The summed E-state index contributed by atoms with van der Waals surface area (Å²) in [4.78, 5) is 0.303.